The number of amides is 1. The van der Waals surface area contributed by atoms with Crippen molar-refractivity contribution in [1.29, 1.82) is 0 Å². The van der Waals surface area contributed by atoms with Gasteiger partial charge in [0, 0.05) is 34.3 Å². The molecule has 262 valence electrons. The molecule has 6 aromatic rings. The summed E-state index contributed by atoms with van der Waals surface area (Å²) in [4.78, 5) is 55.9. The van der Waals surface area contributed by atoms with E-state index in [0.717, 1.165) is 26.8 Å². The Hall–Kier alpha value is -6.82. The van der Waals surface area contributed by atoms with Crippen molar-refractivity contribution in [3.63, 3.8) is 0 Å². The zero-order valence-corrected chi connectivity index (χ0v) is 28.6. The monoisotopic (exact) mass is 699 g/mol. The lowest BCUT2D eigenvalue weighted by molar-refractivity contribution is 0.0591. The zero-order valence-electron chi connectivity index (χ0n) is 28.6. The van der Waals surface area contributed by atoms with Gasteiger partial charge in [-0.1, -0.05) is 48.5 Å². The van der Waals surface area contributed by atoms with Crippen LogP contribution in [0.4, 0.5) is 10.5 Å². The summed E-state index contributed by atoms with van der Waals surface area (Å²) in [6.45, 7) is 0.134. The van der Waals surface area contributed by atoms with Crippen molar-refractivity contribution in [3.05, 3.63) is 135 Å². The van der Waals surface area contributed by atoms with Crippen LogP contribution in [-0.2, 0) is 9.47 Å². The topological polar surface area (TPSA) is 147 Å². The van der Waals surface area contributed by atoms with Gasteiger partial charge in [0.15, 0.2) is 11.5 Å². The molecule has 2 aromatic heterocycles. The molecule has 0 atom stereocenters. The predicted molar refractivity (Wildman–Crippen MR) is 195 cm³/mol. The first-order valence-electron chi connectivity index (χ1n) is 16.2. The molecule has 0 spiro atoms. The molecule has 0 aliphatic heterocycles. The maximum Gasteiger partial charge on any atom is 0.411 e. The fourth-order valence-electron chi connectivity index (χ4n) is 6.80. The number of benzene rings is 4. The van der Waals surface area contributed by atoms with Crippen LogP contribution in [0.3, 0.4) is 0 Å². The minimum absolute atomic E-state index is 0.0512. The van der Waals surface area contributed by atoms with E-state index in [9.17, 15) is 19.2 Å². The summed E-state index contributed by atoms with van der Waals surface area (Å²) >= 11 is 0. The Bertz CT molecular complexity index is 2410. The number of hydrogen-bond donors (Lipinski definition) is 2. The average Bonchev–Trinajstić information content (AvgIpc) is 3.50. The molecule has 1 aliphatic carbocycles. The lowest BCUT2D eigenvalue weighted by atomic mass is 9.97. The van der Waals surface area contributed by atoms with E-state index in [1.165, 1.54) is 40.6 Å². The Morgan fingerprint density at radius 1 is 0.769 bits per heavy atom. The Morgan fingerprint density at radius 2 is 1.38 bits per heavy atom. The second-order valence-corrected chi connectivity index (χ2v) is 11.9. The number of carbonyl (C=O) groups excluding carboxylic acids is 2. The number of carbonyl (C=O) groups is 2. The van der Waals surface area contributed by atoms with Crippen molar-refractivity contribution in [2.75, 3.05) is 40.4 Å². The lowest BCUT2D eigenvalue weighted by Gasteiger charge is -2.20. The van der Waals surface area contributed by atoms with Crippen molar-refractivity contribution < 1.29 is 33.3 Å². The number of aromatic nitrogens is 2. The van der Waals surface area contributed by atoms with Crippen LogP contribution < -0.4 is 30.6 Å². The van der Waals surface area contributed by atoms with Crippen molar-refractivity contribution in [2.24, 2.45) is 0 Å². The van der Waals surface area contributed by atoms with E-state index in [0.29, 0.717) is 28.5 Å². The molecule has 1 aliphatic rings. The van der Waals surface area contributed by atoms with Gasteiger partial charge in [-0.3, -0.25) is 19.5 Å². The molecular weight excluding hydrogens is 666 g/mol. The maximum atomic E-state index is 14.1. The molecule has 2 N–H and O–H groups in total. The summed E-state index contributed by atoms with van der Waals surface area (Å²) < 4.78 is 28.7. The molecule has 4 aromatic carbocycles. The van der Waals surface area contributed by atoms with Crippen molar-refractivity contribution >= 4 is 28.7 Å². The zero-order chi connectivity index (χ0) is 36.5. The number of aromatic amines is 1. The third-order valence-corrected chi connectivity index (χ3v) is 9.11. The highest BCUT2D eigenvalue weighted by atomic mass is 16.5. The van der Waals surface area contributed by atoms with Crippen LogP contribution in [0.5, 0.6) is 17.2 Å². The molecule has 0 bridgehead atoms. The highest BCUT2D eigenvalue weighted by Gasteiger charge is 2.30. The van der Waals surface area contributed by atoms with E-state index in [2.05, 4.69) is 22.4 Å². The maximum absolute atomic E-state index is 14.1. The molecule has 1 amide bonds. The van der Waals surface area contributed by atoms with E-state index in [1.54, 1.807) is 36.4 Å². The van der Waals surface area contributed by atoms with Crippen LogP contribution in [0.15, 0.2) is 107 Å². The Labute approximate surface area is 297 Å². The van der Waals surface area contributed by atoms with E-state index in [1.807, 2.05) is 36.4 Å². The van der Waals surface area contributed by atoms with Crippen LogP contribution in [0.2, 0.25) is 0 Å². The first-order chi connectivity index (χ1) is 25.3. The summed E-state index contributed by atoms with van der Waals surface area (Å²) in [6, 6.07) is 28.4. The van der Waals surface area contributed by atoms with E-state index >= 15 is 0 Å². The minimum atomic E-state index is -0.824. The molecule has 0 saturated heterocycles. The predicted octanol–water partition coefficient (Wildman–Crippen LogP) is 6.52. The fourth-order valence-corrected chi connectivity index (χ4v) is 6.80. The number of rotatable bonds is 9. The standard InChI is InChI=1S/C40H33N3O9/c1-48-31-19-22(20-32(49-2)37(31)50-3)34-29-17-18-33(44)42-35(29)38(45)43(36(34)39(46)51-4)24-15-13-23(14-16-24)41-40(47)52-21-30-27-11-7-5-9-25(27)26-10-6-8-12-28(26)30/h5-20,30H,21H2,1-4H3,(H,41,47)(H,42,44). The van der Waals surface area contributed by atoms with Crippen LogP contribution in [0.1, 0.15) is 27.5 Å². The molecule has 7 rings (SSSR count). The summed E-state index contributed by atoms with van der Waals surface area (Å²) in [5, 5.41) is 3.02. The van der Waals surface area contributed by atoms with Gasteiger partial charge in [-0.25, -0.2) is 9.59 Å². The van der Waals surface area contributed by atoms with Crippen molar-refractivity contribution in [2.45, 2.75) is 5.92 Å². The van der Waals surface area contributed by atoms with Gasteiger partial charge in [0.25, 0.3) is 5.56 Å². The van der Waals surface area contributed by atoms with Crippen molar-refractivity contribution in [1.82, 2.24) is 9.55 Å². The molecule has 52 heavy (non-hydrogen) atoms. The van der Waals surface area contributed by atoms with Crippen LogP contribution in [-0.4, -0.2) is 56.7 Å². The highest BCUT2D eigenvalue weighted by molar-refractivity contribution is 6.06. The molecule has 0 radical (unpaired) electrons. The lowest BCUT2D eigenvalue weighted by Crippen LogP contribution is -2.28. The number of hydrogen-bond acceptors (Lipinski definition) is 9. The Balaban J connectivity index is 1.25. The summed E-state index contributed by atoms with van der Waals surface area (Å²) in [6.07, 6.45) is -0.657. The number of anilines is 1. The summed E-state index contributed by atoms with van der Waals surface area (Å²) in [5.41, 5.74) is 4.37. The molecule has 12 heteroatoms. The third kappa shape index (κ3) is 5.79. The van der Waals surface area contributed by atoms with Gasteiger partial charge in [0.1, 0.15) is 17.8 Å². The fraction of sp³-hybridized carbons (Fsp3) is 0.150. The first-order valence-corrected chi connectivity index (χ1v) is 16.2. The number of esters is 1. The minimum Gasteiger partial charge on any atom is -0.493 e. The molecule has 0 unspecified atom stereocenters. The van der Waals surface area contributed by atoms with Gasteiger partial charge >= 0.3 is 12.1 Å². The van der Waals surface area contributed by atoms with Crippen LogP contribution in [0, 0.1) is 0 Å². The molecule has 0 fully saturated rings. The SMILES string of the molecule is COC(=O)c1c(-c2cc(OC)c(OC)c(OC)c2)c2ccc(=O)[nH]c2c(=O)n1-c1ccc(NC(=O)OCC2c3ccccc3-c3ccccc32)cc1. The second-order valence-electron chi connectivity index (χ2n) is 11.9. The number of nitrogens with zero attached hydrogens (tertiary/aromatic N) is 1. The second kappa shape index (κ2) is 13.8. The van der Waals surface area contributed by atoms with E-state index < -0.39 is 23.2 Å². The van der Waals surface area contributed by atoms with Gasteiger partial charge in [-0.05, 0) is 70.3 Å². The summed E-state index contributed by atoms with van der Waals surface area (Å²) in [5.74, 6) is -0.0182. The Morgan fingerprint density at radius 3 is 1.96 bits per heavy atom. The van der Waals surface area contributed by atoms with Crippen molar-refractivity contribution in [3.8, 4) is 45.2 Å². The molecular formula is C40H33N3O9. The number of nitrogens with one attached hydrogen (secondary N) is 2. The number of H-pyrrole nitrogens is 1. The smallest absolute Gasteiger partial charge is 0.411 e. The third-order valence-electron chi connectivity index (χ3n) is 9.11. The highest BCUT2D eigenvalue weighted by Crippen LogP contribution is 2.45. The van der Waals surface area contributed by atoms with Gasteiger partial charge in [-0.15, -0.1) is 0 Å². The molecule has 12 nitrogen and oxygen atoms in total. The number of ether oxygens (including phenoxy) is 5. The number of pyridine rings is 2. The quantitative estimate of drug-likeness (QED) is 0.161. The molecule has 2 heterocycles. The van der Waals surface area contributed by atoms with Crippen LogP contribution >= 0.6 is 0 Å². The first kappa shape index (κ1) is 33.7. The van der Waals surface area contributed by atoms with Gasteiger partial charge < -0.3 is 28.7 Å². The van der Waals surface area contributed by atoms with E-state index in [4.69, 9.17) is 23.7 Å². The number of methoxy groups -OCH3 is 4. The summed E-state index contributed by atoms with van der Waals surface area (Å²) in [7, 11) is 5.58. The van der Waals surface area contributed by atoms with Crippen LogP contribution in [0.25, 0.3) is 38.8 Å². The number of fused-ring (bicyclic) bond motifs is 4. The van der Waals surface area contributed by atoms with Gasteiger partial charge in [0.2, 0.25) is 11.3 Å². The average molecular weight is 700 g/mol. The largest absolute Gasteiger partial charge is 0.493 e. The normalized spacial score (nSPS) is 11.8. The van der Waals surface area contributed by atoms with E-state index in [-0.39, 0.29) is 40.4 Å². The Kier molecular flexibility index (Phi) is 8.95. The van der Waals surface area contributed by atoms with Gasteiger partial charge in [0.05, 0.1) is 28.4 Å². The van der Waals surface area contributed by atoms with Gasteiger partial charge in [-0.2, -0.15) is 0 Å². The molecule has 0 saturated carbocycles.